The fourth-order valence-electron chi connectivity index (χ4n) is 3.03. The molecule has 3 rings (SSSR count). The Morgan fingerprint density at radius 2 is 2.05 bits per heavy atom. The monoisotopic (exact) mass is 323 g/mol. The van der Waals surface area contributed by atoms with Crippen LogP contribution in [0, 0.1) is 0 Å². The standard InChI is InChI=1S/C16H19Cl2N3/c1-11(14-7-6-12(17)10-15(14)18)20-16-19-8-9-21(16)13-4-2-3-5-13/h6-11,13H,2-5H2,1H3,(H,19,20). The van der Waals surface area contributed by atoms with Gasteiger partial charge in [-0.05, 0) is 37.5 Å². The lowest BCUT2D eigenvalue weighted by Crippen LogP contribution is -2.14. The largest absolute Gasteiger partial charge is 0.349 e. The van der Waals surface area contributed by atoms with E-state index in [0.717, 1.165) is 11.5 Å². The Balaban J connectivity index is 1.78. The van der Waals surface area contributed by atoms with E-state index in [9.17, 15) is 0 Å². The van der Waals surface area contributed by atoms with Gasteiger partial charge in [0.05, 0.1) is 6.04 Å². The summed E-state index contributed by atoms with van der Waals surface area (Å²) in [6.07, 6.45) is 9.01. The van der Waals surface area contributed by atoms with Crippen molar-refractivity contribution in [1.82, 2.24) is 9.55 Å². The summed E-state index contributed by atoms with van der Waals surface area (Å²) in [5.41, 5.74) is 1.03. The molecule has 0 spiro atoms. The second kappa shape index (κ2) is 6.29. The first-order chi connectivity index (χ1) is 10.1. The first-order valence-corrected chi connectivity index (χ1v) is 8.15. The Kier molecular flexibility index (Phi) is 4.41. The fourth-order valence-corrected chi connectivity index (χ4v) is 3.60. The fraction of sp³-hybridized carbons (Fsp3) is 0.438. The minimum absolute atomic E-state index is 0.0809. The maximum Gasteiger partial charge on any atom is 0.203 e. The zero-order chi connectivity index (χ0) is 14.8. The molecular weight excluding hydrogens is 305 g/mol. The van der Waals surface area contributed by atoms with Gasteiger partial charge in [-0.3, -0.25) is 0 Å². The highest BCUT2D eigenvalue weighted by Crippen LogP contribution is 2.33. The minimum Gasteiger partial charge on any atom is -0.349 e. The summed E-state index contributed by atoms with van der Waals surface area (Å²) in [5, 5.41) is 4.81. The van der Waals surface area contributed by atoms with Gasteiger partial charge in [-0.25, -0.2) is 4.98 Å². The molecule has 1 aliphatic carbocycles. The number of benzene rings is 1. The number of anilines is 1. The molecule has 112 valence electrons. The van der Waals surface area contributed by atoms with Crippen LogP contribution >= 0.6 is 23.2 Å². The molecule has 5 heteroatoms. The topological polar surface area (TPSA) is 29.9 Å². The third kappa shape index (κ3) is 3.19. The van der Waals surface area contributed by atoms with Crippen LogP contribution < -0.4 is 5.32 Å². The van der Waals surface area contributed by atoms with E-state index in [-0.39, 0.29) is 6.04 Å². The highest BCUT2D eigenvalue weighted by Gasteiger charge is 2.20. The molecule has 1 aliphatic rings. The lowest BCUT2D eigenvalue weighted by Gasteiger charge is -2.20. The van der Waals surface area contributed by atoms with Crippen LogP contribution in [-0.2, 0) is 0 Å². The average molecular weight is 324 g/mol. The van der Waals surface area contributed by atoms with E-state index < -0.39 is 0 Å². The molecule has 1 fully saturated rings. The summed E-state index contributed by atoms with van der Waals surface area (Å²) >= 11 is 12.2. The predicted molar refractivity (Wildman–Crippen MR) is 88.2 cm³/mol. The number of nitrogens with zero attached hydrogens (tertiary/aromatic N) is 2. The van der Waals surface area contributed by atoms with Crippen molar-refractivity contribution in [2.75, 3.05) is 5.32 Å². The Hall–Kier alpha value is -1.19. The summed E-state index contributed by atoms with van der Waals surface area (Å²) in [5.74, 6) is 0.917. The molecule has 1 N–H and O–H groups in total. The Morgan fingerprint density at radius 3 is 2.76 bits per heavy atom. The number of halogens is 2. The van der Waals surface area contributed by atoms with Gasteiger partial charge in [-0.1, -0.05) is 42.1 Å². The second-order valence-corrected chi connectivity index (χ2v) is 6.47. The van der Waals surface area contributed by atoms with Gasteiger partial charge in [0.25, 0.3) is 0 Å². The van der Waals surface area contributed by atoms with Gasteiger partial charge < -0.3 is 9.88 Å². The molecule has 0 aliphatic heterocycles. The van der Waals surface area contributed by atoms with Gasteiger partial charge in [0.2, 0.25) is 5.95 Å². The quantitative estimate of drug-likeness (QED) is 0.807. The van der Waals surface area contributed by atoms with E-state index in [1.165, 1.54) is 25.7 Å². The van der Waals surface area contributed by atoms with Crippen LogP contribution in [0.15, 0.2) is 30.6 Å². The van der Waals surface area contributed by atoms with E-state index in [4.69, 9.17) is 23.2 Å². The smallest absolute Gasteiger partial charge is 0.203 e. The Morgan fingerprint density at radius 1 is 1.29 bits per heavy atom. The van der Waals surface area contributed by atoms with Crippen LogP contribution in [-0.4, -0.2) is 9.55 Å². The molecule has 1 aromatic carbocycles. The highest BCUT2D eigenvalue weighted by molar-refractivity contribution is 6.35. The molecule has 0 amide bonds. The highest BCUT2D eigenvalue weighted by atomic mass is 35.5. The van der Waals surface area contributed by atoms with Crippen molar-refractivity contribution in [3.8, 4) is 0 Å². The van der Waals surface area contributed by atoms with Crippen molar-refractivity contribution in [3.63, 3.8) is 0 Å². The number of hydrogen-bond acceptors (Lipinski definition) is 2. The van der Waals surface area contributed by atoms with Crippen LogP contribution in [0.2, 0.25) is 10.0 Å². The molecule has 0 radical (unpaired) electrons. The van der Waals surface area contributed by atoms with Gasteiger partial charge in [0, 0.05) is 28.5 Å². The van der Waals surface area contributed by atoms with Crippen LogP contribution in [0.5, 0.6) is 0 Å². The summed E-state index contributed by atoms with van der Waals surface area (Å²) in [6.45, 7) is 2.09. The number of rotatable bonds is 4. The van der Waals surface area contributed by atoms with Crippen LogP contribution in [0.1, 0.15) is 50.3 Å². The number of imidazole rings is 1. The summed E-state index contributed by atoms with van der Waals surface area (Å²) in [4.78, 5) is 4.46. The van der Waals surface area contributed by atoms with Crippen LogP contribution in [0.4, 0.5) is 5.95 Å². The normalized spacial score (nSPS) is 17.1. The first kappa shape index (κ1) is 14.7. The van der Waals surface area contributed by atoms with Crippen molar-refractivity contribution < 1.29 is 0 Å². The van der Waals surface area contributed by atoms with E-state index >= 15 is 0 Å². The van der Waals surface area contributed by atoms with Crippen molar-refractivity contribution in [1.29, 1.82) is 0 Å². The van der Waals surface area contributed by atoms with Gasteiger partial charge in [0.15, 0.2) is 0 Å². The lowest BCUT2D eigenvalue weighted by atomic mass is 10.1. The number of aromatic nitrogens is 2. The van der Waals surface area contributed by atoms with E-state index in [0.29, 0.717) is 16.1 Å². The number of hydrogen-bond donors (Lipinski definition) is 1. The predicted octanol–water partition coefficient (Wildman–Crippen LogP) is 5.48. The molecule has 2 aromatic rings. The molecule has 1 aromatic heterocycles. The van der Waals surface area contributed by atoms with Gasteiger partial charge in [0.1, 0.15) is 0 Å². The van der Waals surface area contributed by atoms with Crippen molar-refractivity contribution in [2.45, 2.75) is 44.7 Å². The van der Waals surface area contributed by atoms with Gasteiger partial charge in [-0.15, -0.1) is 0 Å². The zero-order valence-corrected chi connectivity index (χ0v) is 13.5. The molecule has 21 heavy (non-hydrogen) atoms. The van der Waals surface area contributed by atoms with Crippen molar-refractivity contribution in [3.05, 3.63) is 46.2 Å². The second-order valence-electron chi connectivity index (χ2n) is 5.63. The van der Waals surface area contributed by atoms with E-state index in [1.54, 1.807) is 6.07 Å². The molecule has 0 saturated heterocycles. The molecule has 1 atom stereocenters. The SMILES string of the molecule is CC(Nc1nccn1C1CCCC1)c1ccc(Cl)cc1Cl. The van der Waals surface area contributed by atoms with Gasteiger partial charge in [-0.2, -0.15) is 0 Å². The summed E-state index contributed by atoms with van der Waals surface area (Å²) in [6, 6.07) is 6.26. The van der Waals surface area contributed by atoms with E-state index in [2.05, 4.69) is 28.0 Å². The van der Waals surface area contributed by atoms with Gasteiger partial charge >= 0.3 is 0 Å². The molecule has 1 heterocycles. The maximum atomic E-state index is 6.28. The van der Waals surface area contributed by atoms with Crippen LogP contribution in [0.25, 0.3) is 0 Å². The molecule has 0 bridgehead atoms. The first-order valence-electron chi connectivity index (χ1n) is 7.39. The third-order valence-electron chi connectivity index (χ3n) is 4.16. The molecule has 1 saturated carbocycles. The Bertz CT molecular complexity index is 618. The lowest BCUT2D eigenvalue weighted by molar-refractivity contribution is 0.521. The summed E-state index contributed by atoms with van der Waals surface area (Å²) in [7, 11) is 0. The zero-order valence-electron chi connectivity index (χ0n) is 12.0. The van der Waals surface area contributed by atoms with E-state index in [1.807, 2.05) is 18.3 Å². The molecular formula is C16H19Cl2N3. The van der Waals surface area contributed by atoms with Crippen LogP contribution in [0.3, 0.4) is 0 Å². The van der Waals surface area contributed by atoms with Crippen molar-refractivity contribution >= 4 is 29.2 Å². The molecule has 1 unspecified atom stereocenters. The molecule has 3 nitrogen and oxygen atoms in total. The Labute approximate surface area is 135 Å². The third-order valence-corrected chi connectivity index (χ3v) is 4.72. The maximum absolute atomic E-state index is 6.28. The average Bonchev–Trinajstić information content (AvgIpc) is 3.08. The number of nitrogens with one attached hydrogen (secondary N) is 1. The van der Waals surface area contributed by atoms with Crippen molar-refractivity contribution in [2.24, 2.45) is 0 Å². The minimum atomic E-state index is 0.0809. The summed E-state index contributed by atoms with van der Waals surface area (Å²) < 4.78 is 2.26.